The largest absolute Gasteiger partial charge is 0.396 e. The number of hydrogen-bond acceptors (Lipinski definition) is 16. The van der Waals surface area contributed by atoms with Gasteiger partial charge in [-0.15, -0.1) is 11.6 Å². The van der Waals surface area contributed by atoms with E-state index >= 15 is 0 Å². The Morgan fingerprint density at radius 1 is 0.511 bits per heavy atom. The van der Waals surface area contributed by atoms with Gasteiger partial charge in [-0.3, -0.25) is 47.2 Å². The van der Waals surface area contributed by atoms with E-state index in [9.17, 15) is 27.6 Å². The molecule has 28 heteroatoms. The number of fused-ring (bicyclic) bond motifs is 11. The molecular formula is C62H67Br5Cl2N12O8S. The molecule has 3 N–H and O–H groups in total. The van der Waals surface area contributed by atoms with Crippen LogP contribution in [0.5, 0.6) is 0 Å². The molecule has 4 aromatic heterocycles. The number of nitrogens with one attached hydrogen (secondary N) is 1. The summed E-state index contributed by atoms with van der Waals surface area (Å²) in [5.74, 6) is 4.60. The maximum Gasteiger partial charge on any atom is 0.261 e. The van der Waals surface area contributed by atoms with Gasteiger partial charge in [0.2, 0.25) is 0 Å². The fourth-order valence-corrected chi connectivity index (χ4v) is 13.7. The van der Waals surface area contributed by atoms with Gasteiger partial charge in [-0.05, 0) is 97.9 Å². The van der Waals surface area contributed by atoms with Crippen LogP contribution < -0.4 is 27.6 Å². The van der Waals surface area contributed by atoms with Crippen LogP contribution in [0.1, 0.15) is 35.6 Å². The molecule has 0 saturated carbocycles. The predicted octanol–water partition coefficient (Wildman–Crippen LogP) is 8.52. The molecular weight excluding hydrogens is 1540 g/mol. The molecule has 478 valence electrons. The molecule has 9 heterocycles. The first-order valence-corrected chi connectivity index (χ1v) is 36.5. The lowest BCUT2D eigenvalue weighted by Crippen LogP contribution is -2.31. The smallest absolute Gasteiger partial charge is 0.261 e. The van der Waals surface area contributed by atoms with Crippen LogP contribution in [-0.4, -0.2) is 168 Å². The second kappa shape index (κ2) is 33.0. The number of alkyl halides is 2. The van der Waals surface area contributed by atoms with Crippen LogP contribution in [-0.2, 0) is 54.5 Å². The van der Waals surface area contributed by atoms with E-state index in [0.29, 0.717) is 59.5 Å². The number of aliphatic hydroxyl groups excluding tert-OH is 2. The van der Waals surface area contributed by atoms with E-state index in [2.05, 4.69) is 115 Å². The fourth-order valence-electron chi connectivity index (χ4n) is 11.2. The zero-order valence-electron chi connectivity index (χ0n) is 49.0. The first-order valence-electron chi connectivity index (χ1n) is 29.4. The van der Waals surface area contributed by atoms with E-state index < -0.39 is 9.05 Å². The molecule has 2 bridgehead atoms. The van der Waals surface area contributed by atoms with Gasteiger partial charge in [0.15, 0.2) is 0 Å². The van der Waals surface area contributed by atoms with E-state index in [1.165, 1.54) is 12.1 Å². The minimum atomic E-state index is -3.53. The van der Waals surface area contributed by atoms with Crippen molar-refractivity contribution in [1.82, 2.24) is 58.2 Å². The number of benzene rings is 5. The van der Waals surface area contributed by atoms with Crippen molar-refractivity contribution in [3.05, 3.63) is 186 Å². The van der Waals surface area contributed by atoms with Crippen LogP contribution in [0.4, 0.5) is 0 Å². The number of aromatic nitrogens is 8. The molecule has 5 aliphatic rings. The highest BCUT2D eigenvalue weighted by molar-refractivity contribution is 9.11. The van der Waals surface area contributed by atoms with E-state index in [-0.39, 0.29) is 40.3 Å². The average molecular weight is 1610 g/mol. The predicted molar refractivity (Wildman–Crippen MR) is 374 cm³/mol. The SMILES string of the molecule is O=S(=O)(Cl)c1ccccc1.O=c1c2ccc(Br)cc2nc2n1CCN(CCCl)CC2.O=c1c2ccc(Br)cc2nc2n1CCN(CCO)CC2.O=c1c2ccc(Br)cc2nc2n1CCN1CCC2C1.O=c1c2ccc(Br)cc2nc2n1CCNCC2.OCCBr. The molecule has 0 aliphatic carbocycles. The number of rotatable bonds is 6. The van der Waals surface area contributed by atoms with E-state index in [4.69, 9.17) is 37.5 Å². The third-order valence-electron chi connectivity index (χ3n) is 15.8. The number of nitrogens with zero attached hydrogens (tertiary/aromatic N) is 11. The lowest BCUT2D eigenvalue weighted by molar-refractivity contribution is 0.198. The van der Waals surface area contributed by atoms with Crippen molar-refractivity contribution < 1.29 is 18.6 Å². The zero-order valence-corrected chi connectivity index (χ0v) is 59.2. The second-order valence-electron chi connectivity index (χ2n) is 21.6. The van der Waals surface area contributed by atoms with Crippen molar-refractivity contribution in [3.63, 3.8) is 0 Å². The van der Waals surface area contributed by atoms with Gasteiger partial charge >= 0.3 is 0 Å². The van der Waals surface area contributed by atoms with E-state index in [1.807, 2.05) is 81.9 Å². The van der Waals surface area contributed by atoms with Crippen LogP contribution >= 0.6 is 102 Å². The monoisotopic (exact) mass is 1600 g/mol. The summed E-state index contributed by atoms with van der Waals surface area (Å²) in [5.41, 5.74) is 3.37. The van der Waals surface area contributed by atoms with E-state index in [0.717, 1.165) is 166 Å². The Hall–Kier alpha value is -4.65. The number of halogens is 7. The Morgan fingerprint density at radius 2 is 0.944 bits per heavy atom. The Bertz CT molecular complexity index is 4250. The molecule has 1 fully saturated rings. The fraction of sp³-hybridized carbons (Fsp3) is 0.387. The Labute approximate surface area is 571 Å². The number of β-amino-alcohol motifs (C(OH)–C–C–N with tert-alkyl or cyclic N) is 1. The number of hydrogen-bond donors (Lipinski definition) is 3. The molecule has 2 atom stereocenters. The maximum atomic E-state index is 12.6. The lowest BCUT2D eigenvalue weighted by Gasteiger charge is -2.17. The standard InChI is InChI=1S/C14H15BrClN3O.C14H16BrN3O2.C14H14BrN3O.C12H12BrN3O.C6H5ClO2S.C2H5BrO/c15-10-1-2-11-12(9-10)17-13-3-5-18(6-4-16)7-8-19(13)14(11)20;15-10-1-2-11-12(9-10)16-13-3-4-17(7-8-19)5-6-18(13)14(11)20;15-10-1-2-11-12(7-10)16-13-9-3-4-17(8-9)5-6-18(13)14(11)19;13-8-1-2-9-10(7-8)15-11-3-4-14-5-6-16(11)12(9)17;7-10(8,9)6-4-2-1-3-5-6;3-1-2-4/h1-2,9H,3-8H2;1-2,9,19H,3-8H2;1-2,7,9H,3-6,8H2;1-2,7,14H,3-6H2;1-5H;4H,1-2H2. The minimum Gasteiger partial charge on any atom is -0.396 e. The maximum absolute atomic E-state index is 12.6. The summed E-state index contributed by atoms with van der Waals surface area (Å²) in [6, 6.07) is 30.4. The van der Waals surface area contributed by atoms with Gasteiger partial charge in [0, 0.05) is 157 Å². The molecule has 5 aliphatic heterocycles. The molecule has 20 nitrogen and oxygen atoms in total. The summed E-state index contributed by atoms with van der Waals surface area (Å²) in [6.07, 6.45) is 3.44. The van der Waals surface area contributed by atoms with Crippen molar-refractivity contribution >= 4 is 155 Å². The average Bonchev–Trinajstić information content (AvgIpc) is 1.45. The van der Waals surface area contributed by atoms with Gasteiger partial charge in [0.05, 0.1) is 61.7 Å². The van der Waals surface area contributed by atoms with Crippen molar-refractivity contribution in [1.29, 1.82) is 0 Å². The molecule has 1 saturated heterocycles. The second-order valence-corrected chi connectivity index (χ2v) is 29.0. The summed E-state index contributed by atoms with van der Waals surface area (Å²) in [7, 11) is 1.50. The minimum absolute atomic E-state index is 0.0309. The molecule has 90 heavy (non-hydrogen) atoms. The highest BCUT2D eigenvalue weighted by atomic mass is 79.9. The van der Waals surface area contributed by atoms with Gasteiger partial charge in [-0.1, -0.05) is 97.8 Å². The summed E-state index contributed by atoms with van der Waals surface area (Å²) < 4.78 is 32.3. The Kier molecular flexibility index (Phi) is 25.5. The van der Waals surface area contributed by atoms with Crippen molar-refractivity contribution in [3.8, 4) is 0 Å². The van der Waals surface area contributed by atoms with E-state index in [1.54, 1.807) is 27.3 Å². The van der Waals surface area contributed by atoms with Crippen LogP contribution in [0.2, 0.25) is 0 Å². The molecule has 9 aromatic rings. The van der Waals surface area contributed by atoms with Crippen molar-refractivity contribution in [2.24, 2.45) is 0 Å². The van der Waals surface area contributed by atoms with Gasteiger partial charge in [-0.25, -0.2) is 28.4 Å². The summed E-state index contributed by atoms with van der Waals surface area (Å²) in [5, 5.41) is 23.6. The normalized spacial score (nSPS) is 17.0. The molecule has 5 aromatic carbocycles. The topological polar surface area (TPSA) is 236 Å². The van der Waals surface area contributed by atoms with Gasteiger partial charge in [-0.2, -0.15) is 0 Å². The molecule has 14 rings (SSSR count). The number of aliphatic hydroxyl groups is 2. The summed E-state index contributed by atoms with van der Waals surface area (Å²) in [4.78, 5) is 75.7. The van der Waals surface area contributed by atoms with Crippen LogP contribution in [0.3, 0.4) is 0 Å². The van der Waals surface area contributed by atoms with Crippen molar-refractivity contribution in [2.45, 2.75) is 62.7 Å². The summed E-state index contributed by atoms with van der Waals surface area (Å²) >= 11 is 22.5. The molecule has 2 unspecified atom stereocenters. The first-order chi connectivity index (χ1) is 43.4. The highest BCUT2D eigenvalue weighted by Crippen LogP contribution is 2.29. The first kappa shape index (κ1) is 69.7. The van der Waals surface area contributed by atoms with Crippen LogP contribution in [0, 0.1) is 0 Å². The Morgan fingerprint density at radius 3 is 1.39 bits per heavy atom. The van der Waals surface area contributed by atoms with Crippen LogP contribution in [0.15, 0.2) is 145 Å². The van der Waals surface area contributed by atoms with Gasteiger partial charge < -0.3 is 20.4 Å². The summed E-state index contributed by atoms with van der Waals surface area (Å²) in [6.45, 7) is 12.9. The van der Waals surface area contributed by atoms with Gasteiger partial charge in [0.25, 0.3) is 31.3 Å². The zero-order chi connectivity index (χ0) is 64.1. The third-order valence-corrected chi connectivity index (χ3v) is 19.6. The molecule has 0 amide bonds. The quantitative estimate of drug-likeness (QED) is 0.104. The van der Waals surface area contributed by atoms with Crippen LogP contribution in [0.25, 0.3) is 43.6 Å². The molecule has 0 radical (unpaired) electrons. The highest BCUT2D eigenvalue weighted by Gasteiger charge is 2.31. The third kappa shape index (κ3) is 17.8. The lowest BCUT2D eigenvalue weighted by atomic mass is 10.1. The van der Waals surface area contributed by atoms with Crippen molar-refractivity contribution in [2.75, 3.05) is 96.4 Å². The van der Waals surface area contributed by atoms with Gasteiger partial charge in [0.1, 0.15) is 23.3 Å². The Balaban J connectivity index is 0.000000133. The molecule has 0 spiro atoms.